The van der Waals surface area contributed by atoms with E-state index in [-0.39, 0.29) is 57.0 Å². The van der Waals surface area contributed by atoms with Crippen LogP contribution in [0.3, 0.4) is 0 Å². The summed E-state index contributed by atoms with van der Waals surface area (Å²) in [5.74, 6) is 1.25. The molecule has 0 saturated carbocycles. The van der Waals surface area contributed by atoms with Crippen molar-refractivity contribution in [3.63, 3.8) is 0 Å². The van der Waals surface area contributed by atoms with Crippen molar-refractivity contribution in [3.8, 4) is 23.0 Å². The van der Waals surface area contributed by atoms with Crippen molar-refractivity contribution >= 4 is 13.6 Å². The van der Waals surface area contributed by atoms with Gasteiger partial charge in [-0.05, 0) is 97.5 Å². The van der Waals surface area contributed by atoms with Crippen molar-refractivity contribution in [3.05, 3.63) is 119 Å². The number of nitrogens with zero attached hydrogens (tertiary/aromatic N) is 2. The smallest absolute Gasteiger partial charge is 0.367 e. The summed E-state index contributed by atoms with van der Waals surface area (Å²) in [6.45, 7) is 4.05. The lowest BCUT2D eigenvalue weighted by Gasteiger charge is -2.36. The monoisotopic (exact) mass is 734 g/mol. The number of ether oxygens (including phenoxy) is 2. The number of urea groups is 1. The second-order valence-electron chi connectivity index (χ2n) is 12.6. The molecule has 1 saturated heterocycles. The molecule has 0 unspecified atom stereocenters. The standard InChI is InChI=1S/C39H47N2O10P/c1-4-50-52(47,51-5-2)26-49-34-20-12-28(13-21-34)23-36-38(45)37(44)35(22-27-10-18-33(48-3)19-11-27)40(24-29-6-14-31(42)15-7-29)39(46)41(36)25-30-8-16-32(43)17-9-30/h6-21,35-38,42-45H,4-5,22-26H2,1-3H3/t35-,36-,37+,38+/m1/s1. The molecule has 0 aliphatic carbocycles. The number of rotatable bonds is 16. The molecule has 2 amide bonds. The molecule has 278 valence electrons. The summed E-state index contributed by atoms with van der Waals surface area (Å²) in [4.78, 5) is 18.0. The number of hydrogen-bond acceptors (Lipinski definition) is 10. The van der Waals surface area contributed by atoms with E-state index >= 15 is 0 Å². The minimum atomic E-state index is -3.43. The van der Waals surface area contributed by atoms with Crippen LogP contribution >= 0.6 is 7.60 Å². The Morgan fingerprint density at radius 1 is 0.615 bits per heavy atom. The summed E-state index contributed by atoms with van der Waals surface area (Å²) in [6.07, 6.45) is -2.56. The van der Waals surface area contributed by atoms with Gasteiger partial charge in [0.1, 0.15) is 35.2 Å². The Morgan fingerprint density at radius 2 is 1.00 bits per heavy atom. The lowest BCUT2D eigenvalue weighted by atomic mass is 9.90. The predicted octanol–water partition coefficient (Wildman–Crippen LogP) is 6.09. The number of carbonyl (C=O) groups excluding carboxylic acids is 1. The van der Waals surface area contributed by atoms with Crippen LogP contribution < -0.4 is 9.47 Å². The highest BCUT2D eigenvalue weighted by Gasteiger charge is 2.46. The zero-order chi connectivity index (χ0) is 37.3. The van der Waals surface area contributed by atoms with Crippen molar-refractivity contribution in [2.75, 3.05) is 26.7 Å². The molecule has 4 aromatic carbocycles. The zero-order valence-electron chi connectivity index (χ0n) is 29.6. The molecular weight excluding hydrogens is 687 g/mol. The van der Waals surface area contributed by atoms with Crippen LogP contribution in [0.25, 0.3) is 0 Å². The largest absolute Gasteiger partial charge is 0.508 e. The maximum absolute atomic E-state index is 14.9. The first-order valence-corrected chi connectivity index (χ1v) is 19.0. The van der Waals surface area contributed by atoms with Gasteiger partial charge in [-0.3, -0.25) is 4.57 Å². The Kier molecular flexibility index (Phi) is 13.2. The van der Waals surface area contributed by atoms with E-state index in [0.717, 1.165) is 16.7 Å². The molecule has 13 heteroatoms. The fourth-order valence-electron chi connectivity index (χ4n) is 6.33. The molecule has 5 rings (SSSR count). The van der Waals surface area contributed by atoms with Crippen LogP contribution in [0.4, 0.5) is 4.79 Å². The molecule has 52 heavy (non-hydrogen) atoms. The zero-order valence-corrected chi connectivity index (χ0v) is 30.5. The quantitative estimate of drug-likeness (QED) is 0.0993. The van der Waals surface area contributed by atoms with Gasteiger partial charge in [0, 0.05) is 13.1 Å². The number of aromatic hydroxyl groups is 2. The first kappa shape index (κ1) is 38.6. The molecule has 1 aliphatic rings. The molecule has 1 heterocycles. The van der Waals surface area contributed by atoms with Gasteiger partial charge in [0.05, 0.1) is 32.4 Å². The number of amides is 2. The summed E-state index contributed by atoms with van der Waals surface area (Å²) in [5.41, 5.74) is 3.03. The Hall–Kier alpha value is -4.58. The average Bonchev–Trinajstić information content (AvgIpc) is 3.20. The lowest BCUT2D eigenvalue weighted by molar-refractivity contribution is -0.0408. The third-order valence-electron chi connectivity index (χ3n) is 9.02. The van der Waals surface area contributed by atoms with Crippen LogP contribution in [0, 0.1) is 0 Å². The third kappa shape index (κ3) is 9.84. The summed E-state index contributed by atoms with van der Waals surface area (Å²) in [5, 5.41) is 43.9. The van der Waals surface area contributed by atoms with Crippen LogP contribution in [0.15, 0.2) is 97.1 Å². The van der Waals surface area contributed by atoms with Gasteiger partial charge < -0.3 is 48.7 Å². The highest BCUT2D eigenvalue weighted by molar-refractivity contribution is 7.53. The number of phenolic OH excluding ortho intramolecular Hbond substituents is 2. The highest BCUT2D eigenvalue weighted by Crippen LogP contribution is 2.48. The van der Waals surface area contributed by atoms with Crippen molar-refractivity contribution in [2.45, 2.75) is 64.1 Å². The second-order valence-corrected chi connectivity index (χ2v) is 14.6. The second kappa shape index (κ2) is 17.8. The van der Waals surface area contributed by atoms with Gasteiger partial charge in [-0.2, -0.15) is 0 Å². The van der Waals surface area contributed by atoms with Gasteiger partial charge in [-0.25, -0.2) is 4.79 Å². The van der Waals surface area contributed by atoms with Crippen molar-refractivity contribution < 1.29 is 48.3 Å². The number of methoxy groups -OCH3 is 1. The van der Waals surface area contributed by atoms with Gasteiger partial charge in [0.15, 0.2) is 6.35 Å². The van der Waals surface area contributed by atoms with E-state index in [2.05, 4.69) is 0 Å². The maximum atomic E-state index is 14.9. The van der Waals surface area contributed by atoms with Crippen LogP contribution in [0.2, 0.25) is 0 Å². The first-order valence-electron chi connectivity index (χ1n) is 17.2. The summed E-state index contributed by atoms with van der Waals surface area (Å²) in [7, 11) is -1.86. The molecule has 4 aromatic rings. The molecule has 12 nitrogen and oxygen atoms in total. The first-order chi connectivity index (χ1) is 25.0. The number of phenols is 2. The highest BCUT2D eigenvalue weighted by atomic mass is 31.2. The molecule has 0 bridgehead atoms. The normalized spacial score (nSPS) is 19.4. The van der Waals surface area contributed by atoms with Gasteiger partial charge in [0.25, 0.3) is 0 Å². The van der Waals surface area contributed by atoms with Gasteiger partial charge in [-0.1, -0.05) is 48.5 Å². The van der Waals surface area contributed by atoms with Crippen LogP contribution in [-0.4, -0.2) is 87.2 Å². The Balaban J connectivity index is 1.49. The molecule has 0 aromatic heterocycles. The topological polar surface area (TPSA) is 158 Å². The molecule has 4 atom stereocenters. The fraction of sp³-hybridized carbons (Fsp3) is 0.359. The van der Waals surface area contributed by atoms with Gasteiger partial charge in [-0.15, -0.1) is 0 Å². The van der Waals surface area contributed by atoms with Crippen molar-refractivity contribution in [2.24, 2.45) is 0 Å². The Labute approximate surface area is 304 Å². The minimum absolute atomic E-state index is 0.0765. The van der Waals surface area contributed by atoms with Crippen LogP contribution in [0.5, 0.6) is 23.0 Å². The fourth-order valence-corrected chi connectivity index (χ4v) is 7.64. The lowest BCUT2D eigenvalue weighted by Crippen LogP contribution is -2.50. The average molecular weight is 735 g/mol. The van der Waals surface area contributed by atoms with Gasteiger partial charge >= 0.3 is 13.6 Å². The van der Waals surface area contributed by atoms with E-state index in [9.17, 15) is 29.8 Å². The predicted molar refractivity (Wildman–Crippen MR) is 195 cm³/mol. The summed E-state index contributed by atoms with van der Waals surface area (Å²) in [6, 6.07) is 25.2. The number of benzene rings is 4. The SMILES string of the molecule is CCOP(=O)(COc1ccc(C[C@@H]2[C@H](O)[C@@H](O)[C@@H](Cc3ccc(OC)cc3)N(Cc3ccc(O)cc3)C(=O)N2Cc2ccc(O)cc2)cc1)OCC. The number of hydrogen-bond donors (Lipinski definition) is 4. The summed E-state index contributed by atoms with van der Waals surface area (Å²) < 4.78 is 34.6. The molecule has 1 fully saturated rings. The Morgan fingerprint density at radius 3 is 1.38 bits per heavy atom. The van der Waals surface area contributed by atoms with E-state index in [4.69, 9.17) is 18.5 Å². The van der Waals surface area contributed by atoms with Crippen LogP contribution in [0.1, 0.15) is 36.1 Å². The van der Waals surface area contributed by atoms with E-state index in [0.29, 0.717) is 17.1 Å². The number of aliphatic hydroxyl groups is 2. The van der Waals surface area contributed by atoms with E-state index in [1.165, 1.54) is 24.3 Å². The molecule has 4 N–H and O–H groups in total. The van der Waals surface area contributed by atoms with E-state index in [1.54, 1.807) is 91.4 Å². The molecule has 1 aliphatic heterocycles. The number of aliphatic hydroxyl groups excluding tert-OH is 2. The van der Waals surface area contributed by atoms with Crippen LogP contribution in [-0.2, 0) is 39.5 Å². The molecular formula is C39H47N2O10P. The van der Waals surface area contributed by atoms with Gasteiger partial charge in [0.2, 0.25) is 0 Å². The minimum Gasteiger partial charge on any atom is -0.508 e. The third-order valence-corrected chi connectivity index (χ3v) is 10.8. The van der Waals surface area contributed by atoms with E-state index < -0.39 is 37.9 Å². The Bertz CT molecular complexity index is 1760. The molecule has 0 spiro atoms. The summed E-state index contributed by atoms with van der Waals surface area (Å²) >= 11 is 0. The molecule has 0 radical (unpaired) electrons. The van der Waals surface area contributed by atoms with Crippen molar-refractivity contribution in [1.29, 1.82) is 0 Å². The maximum Gasteiger partial charge on any atom is 0.367 e. The van der Waals surface area contributed by atoms with E-state index in [1.807, 2.05) is 12.1 Å². The number of carbonyl (C=O) groups is 1. The van der Waals surface area contributed by atoms with Crippen molar-refractivity contribution in [1.82, 2.24) is 9.80 Å².